The molecule has 3 aromatic rings. The molecule has 1 fully saturated rings. The van der Waals surface area contributed by atoms with Gasteiger partial charge in [0.15, 0.2) is 11.5 Å². The lowest BCUT2D eigenvalue weighted by Crippen LogP contribution is -2.30. The molecule has 0 bridgehead atoms. The number of methoxy groups -OCH3 is 2. The third-order valence-corrected chi connectivity index (χ3v) is 7.29. The van der Waals surface area contributed by atoms with Crippen molar-refractivity contribution in [3.8, 4) is 11.5 Å². The maximum Gasteiger partial charge on any atom is 0.490 e. The molecule has 11 nitrogen and oxygen atoms in total. The minimum atomic E-state index is -5.08. The number of benzene rings is 2. The smallest absolute Gasteiger partial charge is 0.490 e. The number of aliphatic carboxylic acids is 1. The third kappa shape index (κ3) is 7.17. The van der Waals surface area contributed by atoms with Crippen LogP contribution >= 0.6 is 0 Å². The number of hydrogen-bond acceptors (Lipinski definition) is 9. The second-order valence-corrected chi connectivity index (χ2v) is 10.2. The molecule has 1 saturated heterocycles. The van der Waals surface area contributed by atoms with Crippen LogP contribution in [0, 0.1) is 0 Å². The Labute approximate surface area is 223 Å². The summed E-state index contributed by atoms with van der Waals surface area (Å²) in [6.07, 6.45) is -0.220. The van der Waals surface area contributed by atoms with Crippen LogP contribution < -0.4 is 24.4 Å². The van der Waals surface area contributed by atoms with Gasteiger partial charge in [0, 0.05) is 24.5 Å². The van der Waals surface area contributed by atoms with E-state index in [0.717, 1.165) is 37.0 Å². The molecule has 212 valence electrons. The van der Waals surface area contributed by atoms with Crippen molar-refractivity contribution in [3.63, 3.8) is 0 Å². The van der Waals surface area contributed by atoms with E-state index in [0.29, 0.717) is 28.5 Å². The van der Waals surface area contributed by atoms with E-state index < -0.39 is 22.2 Å². The summed E-state index contributed by atoms with van der Waals surface area (Å²) < 4.78 is 69.8. The molecule has 1 aliphatic rings. The molecule has 0 radical (unpaired) electrons. The minimum Gasteiger partial charge on any atom is -0.493 e. The number of halogens is 3. The number of fused-ring (bicyclic) bond motifs is 1. The van der Waals surface area contributed by atoms with E-state index in [2.05, 4.69) is 24.9 Å². The molecule has 0 amide bonds. The van der Waals surface area contributed by atoms with Gasteiger partial charge < -0.3 is 24.8 Å². The second-order valence-electron chi connectivity index (χ2n) is 8.31. The van der Waals surface area contributed by atoms with Crippen molar-refractivity contribution in [2.75, 3.05) is 44.6 Å². The summed E-state index contributed by atoms with van der Waals surface area (Å²) in [5.74, 6) is -1.08. The summed E-state index contributed by atoms with van der Waals surface area (Å²) in [5, 5.41) is 11.2. The summed E-state index contributed by atoms with van der Waals surface area (Å²) in [6, 6.07) is 8.72. The van der Waals surface area contributed by atoms with Crippen molar-refractivity contribution in [1.82, 2.24) is 14.7 Å². The number of anilines is 3. The predicted molar refractivity (Wildman–Crippen MR) is 138 cm³/mol. The zero-order valence-corrected chi connectivity index (χ0v) is 22.2. The van der Waals surface area contributed by atoms with Gasteiger partial charge in [-0.25, -0.2) is 27.9 Å². The van der Waals surface area contributed by atoms with Gasteiger partial charge in [0.2, 0.25) is 10.0 Å². The Hall–Kier alpha value is -3.85. The Kier molecular flexibility index (Phi) is 9.40. The van der Waals surface area contributed by atoms with Gasteiger partial charge in [0.05, 0.1) is 36.0 Å². The number of rotatable bonds is 7. The van der Waals surface area contributed by atoms with E-state index in [1.54, 1.807) is 32.4 Å². The maximum atomic E-state index is 12.5. The highest BCUT2D eigenvalue weighted by Gasteiger charge is 2.38. The van der Waals surface area contributed by atoms with Crippen LogP contribution in [0.25, 0.3) is 10.9 Å². The number of ether oxygens (including phenoxy) is 2. The highest BCUT2D eigenvalue weighted by Crippen LogP contribution is 2.37. The number of carbonyl (C=O) groups is 1. The standard InChI is InChI=1S/C22H27N5O4S.C2HF3O2/c1-23-32(28,29)15-7-8-19(27-9-5-4-6-10-27)18(11-15)26-22-16-12-20(30-2)21(31-3)13-17(16)24-14-25-22;3-2(4,5)1(6)7/h7-8,11-14,23H,4-6,9-10H2,1-3H3,(H,24,25,26);(H,6,7). The molecule has 0 aliphatic carbocycles. The first-order valence-corrected chi connectivity index (χ1v) is 13.2. The highest BCUT2D eigenvalue weighted by atomic mass is 32.2. The predicted octanol–water partition coefficient (Wildman–Crippen LogP) is 3.92. The summed E-state index contributed by atoms with van der Waals surface area (Å²) >= 11 is 0. The molecule has 39 heavy (non-hydrogen) atoms. The average Bonchev–Trinajstić information content (AvgIpc) is 2.92. The first-order valence-electron chi connectivity index (χ1n) is 11.7. The molecule has 0 atom stereocenters. The molecule has 4 rings (SSSR count). The molecule has 2 aromatic carbocycles. The van der Waals surface area contributed by atoms with Gasteiger partial charge in [-0.05, 0) is 50.6 Å². The van der Waals surface area contributed by atoms with Gasteiger partial charge in [0.1, 0.15) is 12.1 Å². The normalized spacial score (nSPS) is 13.8. The molecular weight excluding hydrogens is 543 g/mol. The molecule has 3 N–H and O–H groups in total. The van der Waals surface area contributed by atoms with Crippen molar-refractivity contribution in [2.24, 2.45) is 0 Å². The number of nitrogens with one attached hydrogen (secondary N) is 2. The van der Waals surface area contributed by atoms with Crippen molar-refractivity contribution in [2.45, 2.75) is 30.3 Å². The fraction of sp³-hybridized carbons (Fsp3) is 0.375. The highest BCUT2D eigenvalue weighted by molar-refractivity contribution is 7.89. The van der Waals surface area contributed by atoms with Crippen molar-refractivity contribution < 1.29 is 41.0 Å². The topological polar surface area (TPSA) is 143 Å². The van der Waals surface area contributed by atoms with Gasteiger partial charge in [-0.2, -0.15) is 13.2 Å². The van der Waals surface area contributed by atoms with Crippen molar-refractivity contribution in [3.05, 3.63) is 36.7 Å². The molecule has 0 unspecified atom stereocenters. The van der Waals surface area contributed by atoms with E-state index in [1.165, 1.54) is 19.8 Å². The van der Waals surface area contributed by atoms with E-state index in [9.17, 15) is 21.6 Å². The lowest BCUT2D eigenvalue weighted by molar-refractivity contribution is -0.192. The van der Waals surface area contributed by atoms with Gasteiger partial charge >= 0.3 is 12.1 Å². The monoisotopic (exact) mass is 571 g/mol. The number of nitrogens with zero attached hydrogens (tertiary/aromatic N) is 3. The quantitative estimate of drug-likeness (QED) is 0.382. The summed E-state index contributed by atoms with van der Waals surface area (Å²) in [4.78, 5) is 20.1. The van der Waals surface area contributed by atoms with Crippen molar-refractivity contribution >= 4 is 44.1 Å². The SMILES string of the molecule is CNS(=O)(=O)c1ccc(N2CCCCC2)c(Nc2ncnc3cc(OC)c(OC)cc23)c1.O=C(O)C(F)(F)F. The zero-order chi connectivity index (χ0) is 28.8. The fourth-order valence-electron chi connectivity index (χ4n) is 3.92. The summed E-state index contributed by atoms with van der Waals surface area (Å²) in [7, 11) is 0.944. The number of hydrogen-bond donors (Lipinski definition) is 3. The van der Waals surface area contributed by atoms with E-state index in [4.69, 9.17) is 19.4 Å². The van der Waals surface area contributed by atoms with E-state index >= 15 is 0 Å². The maximum absolute atomic E-state index is 12.5. The number of carboxylic acid groups (broad SMARTS) is 1. The zero-order valence-electron chi connectivity index (χ0n) is 21.4. The van der Waals surface area contributed by atoms with Gasteiger partial charge in [0.25, 0.3) is 0 Å². The summed E-state index contributed by atoms with van der Waals surface area (Å²) in [5.41, 5.74) is 2.28. The van der Waals surface area contributed by atoms with Crippen LogP contribution in [-0.2, 0) is 14.8 Å². The van der Waals surface area contributed by atoms with Crippen LogP contribution in [-0.4, -0.2) is 70.0 Å². The van der Waals surface area contributed by atoms with E-state index in [1.807, 2.05) is 12.1 Å². The van der Waals surface area contributed by atoms with Gasteiger partial charge in [-0.15, -0.1) is 0 Å². The fourth-order valence-corrected chi connectivity index (χ4v) is 4.68. The molecule has 1 aliphatic heterocycles. The number of aromatic nitrogens is 2. The number of alkyl halides is 3. The number of sulfonamides is 1. The molecule has 15 heteroatoms. The Balaban J connectivity index is 0.000000532. The first kappa shape index (κ1) is 29.7. The molecule has 2 heterocycles. The number of carboxylic acids is 1. The Morgan fingerprint density at radius 3 is 2.21 bits per heavy atom. The van der Waals surface area contributed by atoms with Crippen LogP contribution in [0.4, 0.5) is 30.4 Å². The summed E-state index contributed by atoms with van der Waals surface area (Å²) in [6.45, 7) is 1.84. The van der Waals surface area contributed by atoms with Crippen LogP contribution in [0.5, 0.6) is 11.5 Å². The number of piperidine rings is 1. The van der Waals surface area contributed by atoms with E-state index in [-0.39, 0.29) is 4.90 Å². The first-order chi connectivity index (χ1) is 18.4. The molecule has 1 aromatic heterocycles. The van der Waals surface area contributed by atoms with Crippen LogP contribution in [0.1, 0.15) is 19.3 Å². The Morgan fingerprint density at radius 2 is 1.64 bits per heavy atom. The minimum absolute atomic E-state index is 0.181. The van der Waals surface area contributed by atoms with Crippen LogP contribution in [0.15, 0.2) is 41.6 Å². The van der Waals surface area contributed by atoms with Gasteiger partial charge in [-0.1, -0.05) is 0 Å². The Morgan fingerprint density at radius 1 is 1.03 bits per heavy atom. The van der Waals surface area contributed by atoms with Crippen LogP contribution in [0.3, 0.4) is 0 Å². The molecule has 0 saturated carbocycles. The van der Waals surface area contributed by atoms with Gasteiger partial charge in [-0.3, -0.25) is 0 Å². The lowest BCUT2D eigenvalue weighted by atomic mass is 10.1. The lowest BCUT2D eigenvalue weighted by Gasteiger charge is -2.31. The van der Waals surface area contributed by atoms with Crippen LogP contribution in [0.2, 0.25) is 0 Å². The largest absolute Gasteiger partial charge is 0.493 e. The molecule has 0 spiro atoms. The third-order valence-electron chi connectivity index (χ3n) is 5.88. The second kappa shape index (κ2) is 12.3. The molecular formula is C24H28F3N5O6S. The Bertz CT molecular complexity index is 1430. The average molecular weight is 572 g/mol. The van der Waals surface area contributed by atoms with Crippen molar-refractivity contribution in [1.29, 1.82) is 0 Å².